The standard InChI is InChI=1S/C17H15NS/c1-11-7-8-15-14(9-11)17-16(18(15)2)13-6-4-3-5-12(13)10-19-17/h3-9H,10H2,1-2H3. The molecule has 1 aromatic heterocycles. The highest BCUT2D eigenvalue weighted by Gasteiger charge is 2.23. The SMILES string of the molecule is Cc1ccc2c(c1)c1c(n2C)-c2ccccc2CS1. The lowest BCUT2D eigenvalue weighted by molar-refractivity contribution is 0.963. The molecule has 0 fully saturated rings. The van der Waals surface area contributed by atoms with E-state index in [1.807, 2.05) is 11.8 Å². The van der Waals surface area contributed by atoms with Gasteiger partial charge in [0.15, 0.2) is 0 Å². The largest absolute Gasteiger partial charge is 0.343 e. The highest BCUT2D eigenvalue weighted by molar-refractivity contribution is 7.99. The van der Waals surface area contributed by atoms with Gasteiger partial charge in [0.2, 0.25) is 0 Å². The van der Waals surface area contributed by atoms with E-state index in [2.05, 4.69) is 61.0 Å². The third-order valence-corrected chi connectivity index (χ3v) is 5.11. The summed E-state index contributed by atoms with van der Waals surface area (Å²) in [5.41, 5.74) is 6.89. The van der Waals surface area contributed by atoms with Crippen LogP contribution in [-0.2, 0) is 12.8 Å². The normalized spacial score (nSPS) is 13.4. The molecule has 19 heavy (non-hydrogen) atoms. The van der Waals surface area contributed by atoms with Crippen molar-refractivity contribution in [3.05, 3.63) is 53.6 Å². The van der Waals surface area contributed by atoms with Crippen molar-refractivity contribution in [2.75, 3.05) is 0 Å². The molecular weight excluding hydrogens is 250 g/mol. The Bertz CT molecular complexity index is 798. The van der Waals surface area contributed by atoms with E-state index in [-0.39, 0.29) is 0 Å². The lowest BCUT2D eigenvalue weighted by Gasteiger charge is -2.17. The van der Waals surface area contributed by atoms with E-state index < -0.39 is 0 Å². The van der Waals surface area contributed by atoms with Gasteiger partial charge < -0.3 is 4.57 Å². The number of rotatable bonds is 0. The Kier molecular flexibility index (Phi) is 2.30. The van der Waals surface area contributed by atoms with E-state index in [0.29, 0.717) is 0 Å². The zero-order valence-corrected chi connectivity index (χ0v) is 11.9. The topological polar surface area (TPSA) is 4.93 Å². The number of hydrogen-bond donors (Lipinski definition) is 0. The van der Waals surface area contributed by atoms with Gasteiger partial charge in [0, 0.05) is 34.2 Å². The van der Waals surface area contributed by atoms with Crippen LogP contribution >= 0.6 is 11.8 Å². The van der Waals surface area contributed by atoms with Crippen LogP contribution in [0.25, 0.3) is 22.2 Å². The van der Waals surface area contributed by atoms with E-state index >= 15 is 0 Å². The maximum atomic E-state index is 2.34. The van der Waals surface area contributed by atoms with Crippen LogP contribution in [0.3, 0.4) is 0 Å². The molecule has 0 saturated heterocycles. The molecule has 0 aliphatic carbocycles. The molecule has 0 atom stereocenters. The number of hydrogen-bond acceptors (Lipinski definition) is 1. The smallest absolute Gasteiger partial charge is 0.0630 e. The fraction of sp³-hybridized carbons (Fsp3) is 0.176. The highest BCUT2D eigenvalue weighted by Crippen LogP contribution is 2.46. The molecule has 4 rings (SSSR count). The van der Waals surface area contributed by atoms with E-state index in [4.69, 9.17) is 0 Å². The molecule has 2 heteroatoms. The first-order chi connectivity index (χ1) is 9.25. The van der Waals surface area contributed by atoms with Crippen LogP contribution < -0.4 is 0 Å². The van der Waals surface area contributed by atoms with Gasteiger partial charge >= 0.3 is 0 Å². The van der Waals surface area contributed by atoms with Gasteiger partial charge in [0.25, 0.3) is 0 Å². The van der Waals surface area contributed by atoms with Crippen molar-refractivity contribution in [1.29, 1.82) is 0 Å². The molecule has 1 aliphatic heterocycles. The minimum atomic E-state index is 1.08. The minimum absolute atomic E-state index is 1.08. The average Bonchev–Trinajstić information content (AvgIpc) is 2.72. The van der Waals surface area contributed by atoms with Crippen molar-refractivity contribution in [1.82, 2.24) is 4.57 Å². The first-order valence-corrected chi connectivity index (χ1v) is 7.54. The number of aromatic nitrogens is 1. The van der Waals surface area contributed by atoms with Gasteiger partial charge in [-0.15, -0.1) is 11.8 Å². The molecule has 0 spiro atoms. The van der Waals surface area contributed by atoms with Gasteiger partial charge in [-0.1, -0.05) is 35.9 Å². The van der Waals surface area contributed by atoms with E-state index in [9.17, 15) is 0 Å². The molecule has 1 aliphatic rings. The van der Waals surface area contributed by atoms with Crippen molar-refractivity contribution >= 4 is 22.7 Å². The number of benzene rings is 2. The molecule has 0 unspecified atom stereocenters. The van der Waals surface area contributed by atoms with E-state index in [0.717, 1.165) is 5.75 Å². The molecule has 2 heterocycles. The Morgan fingerprint density at radius 2 is 1.95 bits per heavy atom. The summed E-state index contributed by atoms with van der Waals surface area (Å²) in [6.45, 7) is 2.17. The zero-order chi connectivity index (χ0) is 13.0. The molecule has 0 N–H and O–H groups in total. The third kappa shape index (κ3) is 1.50. The predicted molar refractivity (Wildman–Crippen MR) is 82.7 cm³/mol. The minimum Gasteiger partial charge on any atom is -0.343 e. The molecule has 0 bridgehead atoms. The third-order valence-electron chi connectivity index (χ3n) is 3.95. The average molecular weight is 265 g/mol. The highest BCUT2D eigenvalue weighted by atomic mass is 32.2. The van der Waals surface area contributed by atoms with Crippen LogP contribution in [0.4, 0.5) is 0 Å². The molecule has 2 aromatic carbocycles. The molecular formula is C17H15NS. The summed E-state index contributed by atoms with van der Waals surface area (Å²) in [7, 11) is 2.18. The molecule has 0 saturated carbocycles. The van der Waals surface area contributed by atoms with Gasteiger partial charge in [-0.2, -0.15) is 0 Å². The van der Waals surface area contributed by atoms with Crippen molar-refractivity contribution in [2.45, 2.75) is 17.6 Å². The van der Waals surface area contributed by atoms with Crippen LogP contribution in [-0.4, -0.2) is 4.57 Å². The summed E-state index contributed by atoms with van der Waals surface area (Å²) in [4.78, 5) is 1.44. The van der Waals surface area contributed by atoms with Gasteiger partial charge in [-0.25, -0.2) is 0 Å². The van der Waals surface area contributed by atoms with Gasteiger partial charge in [-0.3, -0.25) is 0 Å². The van der Waals surface area contributed by atoms with Gasteiger partial charge in [0.05, 0.1) is 5.69 Å². The fourth-order valence-electron chi connectivity index (χ4n) is 3.00. The van der Waals surface area contributed by atoms with E-state index in [1.165, 1.54) is 38.2 Å². The maximum absolute atomic E-state index is 2.34. The van der Waals surface area contributed by atoms with Crippen LogP contribution in [0, 0.1) is 6.92 Å². The second kappa shape index (κ2) is 3.91. The first kappa shape index (κ1) is 11.2. The number of fused-ring (bicyclic) bond motifs is 5. The van der Waals surface area contributed by atoms with Crippen molar-refractivity contribution in [2.24, 2.45) is 7.05 Å². The van der Waals surface area contributed by atoms with Gasteiger partial charge in [0.1, 0.15) is 0 Å². The lowest BCUT2D eigenvalue weighted by Crippen LogP contribution is -1.99. The summed E-state index contributed by atoms with van der Waals surface area (Å²) < 4.78 is 2.34. The Morgan fingerprint density at radius 1 is 1.11 bits per heavy atom. The summed E-state index contributed by atoms with van der Waals surface area (Å²) in [5.74, 6) is 1.08. The Morgan fingerprint density at radius 3 is 2.84 bits per heavy atom. The van der Waals surface area contributed by atoms with E-state index in [1.54, 1.807) is 0 Å². The number of aryl methyl sites for hydroxylation is 2. The summed E-state index contributed by atoms with van der Waals surface area (Å²) >= 11 is 1.97. The van der Waals surface area contributed by atoms with Crippen molar-refractivity contribution in [3.63, 3.8) is 0 Å². The number of nitrogens with zero attached hydrogens (tertiary/aromatic N) is 1. The predicted octanol–water partition coefficient (Wildman–Crippen LogP) is 4.76. The quantitative estimate of drug-likeness (QED) is 0.567. The molecule has 3 aromatic rings. The molecule has 0 radical (unpaired) electrons. The second-order valence-corrected chi connectivity index (χ2v) is 6.19. The van der Waals surface area contributed by atoms with Crippen molar-refractivity contribution < 1.29 is 0 Å². The number of thioether (sulfide) groups is 1. The first-order valence-electron chi connectivity index (χ1n) is 6.56. The Labute approximate surface area is 117 Å². The Hall–Kier alpha value is -1.67. The lowest BCUT2D eigenvalue weighted by atomic mass is 10.0. The molecule has 0 amide bonds. The summed E-state index contributed by atoms with van der Waals surface area (Å²) in [6.07, 6.45) is 0. The second-order valence-electron chi connectivity index (χ2n) is 5.20. The zero-order valence-electron chi connectivity index (χ0n) is 11.1. The van der Waals surface area contributed by atoms with Crippen molar-refractivity contribution in [3.8, 4) is 11.3 Å². The van der Waals surface area contributed by atoms with Crippen LogP contribution in [0.2, 0.25) is 0 Å². The van der Waals surface area contributed by atoms with Crippen LogP contribution in [0.1, 0.15) is 11.1 Å². The van der Waals surface area contributed by atoms with Crippen LogP contribution in [0.5, 0.6) is 0 Å². The Balaban J connectivity index is 2.14. The summed E-state index contributed by atoms with van der Waals surface area (Å²) in [5, 5.41) is 1.40. The monoisotopic (exact) mass is 265 g/mol. The van der Waals surface area contributed by atoms with Crippen LogP contribution in [0.15, 0.2) is 47.4 Å². The molecule has 94 valence electrons. The summed E-state index contributed by atoms with van der Waals surface area (Å²) in [6, 6.07) is 15.5. The fourth-order valence-corrected chi connectivity index (χ4v) is 4.25. The van der Waals surface area contributed by atoms with Gasteiger partial charge in [-0.05, 0) is 24.6 Å². The molecule has 1 nitrogen and oxygen atoms in total. The maximum Gasteiger partial charge on any atom is 0.0630 e.